The molecule has 12 nitrogen and oxygen atoms in total. The Hall–Kier alpha value is -3.16. The van der Waals surface area contributed by atoms with Crippen molar-refractivity contribution < 1.29 is 37.0 Å². The molecule has 2 N–H and O–H groups in total. The topological polar surface area (TPSA) is 144 Å². The Bertz CT molecular complexity index is 1330. The van der Waals surface area contributed by atoms with Crippen LogP contribution in [0.5, 0.6) is 5.75 Å². The van der Waals surface area contributed by atoms with Crippen LogP contribution in [-0.2, 0) is 35.6 Å². The number of hydrogen-bond donors (Lipinski definition) is 2. The quantitative estimate of drug-likeness (QED) is 0.228. The van der Waals surface area contributed by atoms with E-state index in [1.54, 1.807) is 12.0 Å². The van der Waals surface area contributed by atoms with Crippen molar-refractivity contribution in [1.29, 1.82) is 0 Å². The summed E-state index contributed by atoms with van der Waals surface area (Å²) in [6.45, 7) is 3.39. The average Bonchev–Trinajstić information content (AvgIpc) is 3.93. The van der Waals surface area contributed by atoms with Crippen molar-refractivity contribution in [2.24, 2.45) is 5.92 Å². The van der Waals surface area contributed by atoms with E-state index >= 15 is 0 Å². The lowest BCUT2D eigenvalue weighted by atomic mass is 10.1. The lowest BCUT2D eigenvalue weighted by Crippen LogP contribution is -2.57. The number of benzene rings is 1. The third-order valence-electron chi connectivity index (χ3n) is 8.84. The number of urea groups is 1. The van der Waals surface area contributed by atoms with E-state index in [-0.39, 0.29) is 38.1 Å². The molecule has 2 heterocycles. The van der Waals surface area contributed by atoms with Gasteiger partial charge in [0.15, 0.2) is 0 Å². The smallest absolute Gasteiger partial charge is 0.321 e. The molecule has 0 bridgehead atoms. The van der Waals surface area contributed by atoms with Crippen LogP contribution in [0, 0.1) is 5.92 Å². The fraction of sp³-hybridized carbons (Fsp3) is 0.645. The fourth-order valence-electron chi connectivity index (χ4n) is 5.95. The molecule has 2 saturated carbocycles. The first kappa shape index (κ1) is 32.2. The summed E-state index contributed by atoms with van der Waals surface area (Å²) in [6, 6.07) is 6.33. The summed E-state index contributed by atoms with van der Waals surface area (Å²) in [5.41, 5.74) is -0.463. The molecule has 4 atom stereocenters. The van der Waals surface area contributed by atoms with Crippen molar-refractivity contribution in [3.63, 3.8) is 0 Å². The number of nitrogens with one attached hydrogen (secondary N) is 2. The summed E-state index contributed by atoms with van der Waals surface area (Å²) in [5, 5.41) is 2.32. The lowest BCUT2D eigenvalue weighted by Gasteiger charge is -2.32. The van der Waals surface area contributed by atoms with E-state index in [0.29, 0.717) is 32.5 Å². The van der Waals surface area contributed by atoms with Crippen LogP contribution in [-0.4, -0.2) is 92.6 Å². The van der Waals surface area contributed by atoms with Crippen molar-refractivity contribution in [3.8, 4) is 5.75 Å². The van der Waals surface area contributed by atoms with Gasteiger partial charge in [-0.1, -0.05) is 30.7 Å². The maximum absolute atomic E-state index is 14.2. The van der Waals surface area contributed by atoms with Gasteiger partial charge in [0.05, 0.1) is 18.5 Å². The van der Waals surface area contributed by atoms with Gasteiger partial charge in [0.25, 0.3) is 5.91 Å². The molecule has 242 valence electrons. The van der Waals surface area contributed by atoms with Crippen LogP contribution in [0.1, 0.15) is 63.9 Å². The molecule has 2 aliphatic heterocycles. The van der Waals surface area contributed by atoms with Crippen LogP contribution < -0.4 is 14.8 Å². The molecule has 13 heteroatoms. The van der Waals surface area contributed by atoms with Gasteiger partial charge in [-0.05, 0) is 63.1 Å². The molecule has 4 aliphatic rings. The Labute approximate surface area is 259 Å². The normalized spacial score (nSPS) is 28.6. The van der Waals surface area contributed by atoms with Gasteiger partial charge < -0.3 is 29.3 Å². The number of allylic oxidation sites excluding steroid dienone is 1. The molecule has 0 radical (unpaired) electrons. The van der Waals surface area contributed by atoms with Gasteiger partial charge in [0, 0.05) is 38.6 Å². The predicted molar refractivity (Wildman–Crippen MR) is 162 cm³/mol. The van der Waals surface area contributed by atoms with Crippen LogP contribution in [0.2, 0.25) is 0 Å². The van der Waals surface area contributed by atoms with Gasteiger partial charge in [-0.25, -0.2) is 13.2 Å². The number of amides is 4. The number of carbonyl (C=O) groups is 3. The minimum Gasteiger partial charge on any atom is -0.497 e. The summed E-state index contributed by atoms with van der Waals surface area (Å²) in [7, 11) is -2.21. The third kappa shape index (κ3) is 7.55. The van der Waals surface area contributed by atoms with Gasteiger partial charge in [0.1, 0.15) is 24.1 Å². The number of sulfonamides is 1. The van der Waals surface area contributed by atoms with E-state index in [2.05, 4.69) is 10.0 Å². The number of fused-ring (bicyclic) bond motifs is 2. The van der Waals surface area contributed by atoms with Gasteiger partial charge in [0.2, 0.25) is 15.9 Å². The molecule has 2 aliphatic carbocycles. The molecule has 0 spiro atoms. The molecule has 1 aromatic rings. The van der Waals surface area contributed by atoms with E-state index in [9.17, 15) is 22.8 Å². The van der Waals surface area contributed by atoms with Gasteiger partial charge in [-0.15, -0.1) is 0 Å². The summed E-state index contributed by atoms with van der Waals surface area (Å²) in [6.07, 6.45) is 8.37. The largest absolute Gasteiger partial charge is 0.497 e. The Balaban J connectivity index is 1.40. The monoisotopic (exact) mass is 632 g/mol. The third-order valence-corrected chi connectivity index (χ3v) is 10.7. The van der Waals surface area contributed by atoms with E-state index in [0.717, 1.165) is 37.0 Å². The summed E-state index contributed by atoms with van der Waals surface area (Å²) >= 11 is 0. The number of nitrogens with zero attached hydrogens (tertiary/aromatic N) is 2. The highest BCUT2D eigenvalue weighted by Gasteiger charge is 2.62. The van der Waals surface area contributed by atoms with Crippen LogP contribution in [0.25, 0.3) is 0 Å². The van der Waals surface area contributed by atoms with Crippen molar-refractivity contribution >= 4 is 27.9 Å². The second kappa shape index (κ2) is 13.9. The Kier molecular flexibility index (Phi) is 10.2. The number of ether oxygens (including phenoxy) is 3. The highest BCUT2D eigenvalue weighted by molar-refractivity contribution is 7.91. The summed E-state index contributed by atoms with van der Waals surface area (Å²) < 4.78 is 44.0. The molecule has 5 rings (SSSR count). The van der Waals surface area contributed by atoms with Gasteiger partial charge >= 0.3 is 6.03 Å². The number of hydrogen-bond acceptors (Lipinski definition) is 8. The minimum atomic E-state index is -3.81. The first-order valence-corrected chi connectivity index (χ1v) is 17.1. The Morgan fingerprint density at radius 1 is 1.14 bits per heavy atom. The molecule has 4 amide bonds. The molecular weight excluding hydrogens is 588 g/mol. The van der Waals surface area contributed by atoms with E-state index in [1.807, 2.05) is 43.3 Å². The van der Waals surface area contributed by atoms with Crippen LogP contribution in [0.4, 0.5) is 4.79 Å². The summed E-state index contributed by atoms with van der Waals surface area (Å²) in [5.74, 6) is -0.849. The summed E-state index contributed by atoms with van der Waals surface area (Å²) in [4.78, 5) is 44.9. The van der Waals surface area contributed by atoms with Crippen LogP contribution in [0.15, 0.2) is 36.4 Å². The molecule has 0 unspecified atom stereocenters. The Morgan fingerprint density at radius 3 is 2.61 bits per heavy atom. The second-order valence-corrected chi connectivity index (χ2v) is 14.0. The first-order valence-electron chi connectivity index (χ1n) is 15.6. The highest BCUT2D eigenvalue weighted by Crippen LogP contribution is 2.46. The van der Waals surface area contributed by atoms with Crippen molar-refractivity contribution in [1.82, 2.24) is 19.8 Å². The molecule has 44 heavy (non-hydrogen) atoms. The van der Waals surface area contributed by atoms with Crippen molar-refractivity contribution in [2.45, 2.75) is 87.8 Å². The molecule has 3 fully saturated rings. The van der Waals surface area contributed by atoms with Crippen molar-refractivity contribution in [2.75, 3.05) is 33.6 Å². The SMILES string of the molecule is CCOCO[C@@H]1C[C@H]2C(=O)N[C@]3(C(=O)NS(=O)(=O)C4CC4)C[C@@H]3/C=C\CCCCCN(Cc3ccc(OC)cc3)C(=O)N2C1. The standard InChI is InChI=1S/C31H44N4O8S/c1-3-42-21-43-25-17-27-28(36)32-31(29(37)33-44(39,40)26-14-15-26)18-23(31)9-7-5-4-6-8-16-34(30(38)35(27)20-25)19-22-10-12-24(41-2)13-11-22/h7,9-13,23,25-27H,3-6,8,14-21H2,1-2H3,(H,32,36)(H,33,37)/b9-7-/t23-,25+,27-,31+/m0/s1. The van der Waals surface area contributed by atoms with E-state index in [1.165, 1.54) is 4.90 Å². The highest BCUT2D eigenvalue weighted by atomic mass is 32.2. The van der Waals surface area contributed by atoms with Crippen LogP contribution in [0.3, 0.4) is 0 Å². The van der Waals surface area contributed by atoms with E-state index in [4.69, 9.17) is 14.2 Å². The first-order chi connectivity index (χ1) is 21.2. The average molecular weight is 633 g/mol. The minimum absolute atomic E-state index is 0.0331. The van der Waals surface area contributed by atoms with Gasteiger partial charge in [-0.2, -0.15) is 0 Å². The van der Waals surface area contributed by atoms with Gasteiger partial charge in [-0.3, -0.25) is 14.3 Å². The predicted octanol–water partition coefficient (Wildman–Crippen LogP) is 2.68. The zero-order valence-corrected chi connectivity index (χ0v) is 26.4. The second-order valence-electron chi connectivity index (χ2n) is 12.1. The molecule has 1 saturated heterocycles. The van der Waals surface area contributed by atoms with E-state index < -0.39 is 44.8 Å². The molecular formula is C31H44N4O8S. The Morgan fingerprint density at radius 2 is 1.91 bits per heavy atom. The number of carbonyl (C=O) groups excluding carboxylic acids is 3. The van der Waals surface area contributed by atoms with Crippen molar-refractivity contribution in [3.05, 3.63) is 42.0 Å². The number of methoxy groups -OCH3 is 1. The lowest BCUT2D eigenvalue weighted by molar-refractivity contribution is -0.131. The zero-order chi connectivity index (χ0) is 31.3. The maximum atomic E-state index is 14.2. The zero-order valence-electron chi connectivity index (χ0n) is 25.5. The maximum Gasteiger partial charge on any atom is 0.321 e. The van der Waals surface area contributed by atoms with Crippen LogP contribution >= 0.6 is 0 Å². The fourth-order valence-corrected chi connectivity index (χ4v) is 7.31. The number of rotatable bonds is 10. The molecule has 0 aromatic heterocycles. The molecule has 1 aromatic carbocycles.